The van der Waals surface area contributed by atoms with E-state index in [9.17, 15) is 0 Å². The van der Waals surface area contributed by atoms with Crippen molar-refractivity contribution < 1.29 is 0 Å². The van der Waals surface area contributed by atoms with Crippen LogP contribution in [0.5, 0.6) is 0 Å². The first kappa shape index (κ1) is 14.7. The maximum Gasteiger partial charge on any atom is 0.0215 e. The zero-order valence-corrected chi connectivity index (χ0v) is 15.7. The van der Waals surface area contributed by atoms with Crippen molar-refractivity contribution in [3.63, 3.8) is 0 Å². The zero-order chi connectivity index (χ0) is 16.1. The summed E-state index contributed by atoms with van der Waals surface area (Å²) in [5.41, 5.74) is 9.07. The highest BCUT2D eigenvalue weighted by atomic mass is 127. The number of rotatable bonds is 1. The summed E-state index contributed by atoms with van der Waals surface area (Å²) in [5.74, 6) is 0. The summed E-state index contributed by atoms with van der Waals surface area (Å²) in [6, 6.07) is 25.0. The van der Waals surface area contributed by atoms with Gasteiger partial charge in [0.2, 0.25) is 0 Å². The lowest BCUT2D eigenvalue weighted by Crippen LogP contribution is -2.20. The van der Waals surface area contributed by atoms with E-state index >= 15 is 0 Å². The number of fused-ring (bicyclic) bond motifs is 5. The molecule has 0 nitrogen and oxygen atoms in total. The molecule has 0 aromatic heterocycles. The first-order chi connectivity index (χ1) is 11.8. The van der Waals surface area contributed by atoms with Crippen molar-refractivity contribution in [3.8, 4) is 22.3 Å². The summed E-state index contributed by atoms with van der Waals surface area (Å²) in [6.45, 7) is 0. The van der Waals surface area contributed by atoms with Gasteiger partial charge in [0.1, 0.15) is 0 Å². The third-order valence-electron chi connectivity index (χ3n) is 5.90. The predicted octanol–water partition coefficient (Wildman–Crippen LogP) is 6.80. The lowest BCUT2D eigenvalue weighted by atomic mass is 9.76. The van der Waals surface area contributed by atoms with Gasteiger partial charge in [-0.3, -0.25) is 0 Å². The smallest absolute Gasteiger partial charge is 0.0215 e. The van der Waals surface area contributed by atoms with Crippen molar-refractivity contribution in [1.82, 2.24) is 0 Å². The van der Waals surface area contributed by atoms with Crippen molar-refractivity contribution in [1.29, 1.82) is 0 Å². The molecule has 1 spiro atoms. The summed E-state index contributed by atoms with van der Waals surface area (Å²) in [7, 11) is 0. The molecule has 1 saturated carbocycles. The van der Waals surface area contributed by atoms with Crippen molar-refractivity contribution in [2.24, 2.45) is 0 Å². The Labute approximate surface area is 157 Å². The van der Waals surface area contributed by atoms with Gasteiger partial charge < -0.3 is 0 Å². The highest BCUT2D eigenvalue weighted by molar-refractivity contribution is 14.1. The maximum absolute atomic E-state index is 2.39. The Morgan fingerprint density at radius 2 is 1.33 bits per heavy atom. The largest absolute Gasteiger partial charge is 0.0619 e. The quantitative estimate of drug-likeness (QED) is 0.379. The second-order valence-corrected chi connectivity index (χ2v) is 8.32. The Kier molecular flexibility index (Phi) is 3.34. The van der Waals surface area contributed by atoms with Gasteiger partial charge in [-0.2, -0.15) is 0 Å². The first-order valence-electron chi connectivity index (χ1n) is 8.79. The van der Waals surface area contributed by atoms with Crippen LogP contribution in [0.4, 0.5) is 0 Å². The van der Waals surface area contributed by atoms with E-state index in [1.807, 2.05) is 0 Å². The van der Waals surface area contributed by atoms with E-state index < -0.39 is 0 Å². The summed E-state index contributed by atoms with van der Waals surface area (Å²) < 4.78 is 1.29. The third-order valence-corrected chi connectivity index (χ3v) is 6.62. The molecule has 0 amide bonds. The van der Waals surface area contributed by atoms with Crippen molar-refractivity contribution >= 4 is 22.6 Å². The molecule has 0 heterocycles. The minimum Gasteiger partial charge on any atom is -0.0619 e. The predicted molar refractivity (Wildman–Crippen MR) is 109 cm³/mol. The molecule has 3 aromatic rings. The van der Waals surface area contributed by atoms with Crippen LogP contribution < -0.4 is 0 Å². The minimum atomic E-state index is 0.269. The number of hydrogen-bond donors (Lipinski definition) is 0. The highest BCUT2D eigenvalue weighted by Gasteiger charge is 2.45. The fourth-order valence-corrected chi connectivity index (χ4v) is 5.25. The Morgan fingerprint density at radius 3 is 2.12 bits per heavy atom. The molecular weight excluding hydrogens is 403 g/mol. The molecule has 0 bridgehead atoms. The topological polar surface area (TPSA) is 0 Å². The van der Waals surface area contributed by atoms with Gasteiger partial charge in [-0.1, -0.05) is 67.4 Å². The standard InChI is InChI=1S/C23H19I/c24-17-12-10-16(11-13-17)18-7-5-9-21-22(18)19-6-1-2-8-20(19)23(21)14-3-4-15-23/h1-2,5-13H,3-4,14-15H2. The average molecular weight is 422 g/mol. The molecular formula is C23H19I. The molecule has 0 atom stereocenters. The van der Waals surface area contributed by atoms with E-state index in [1.54, 1.807) is 11.1 Å². The molecule has 0 aliphatic heterocycles. The van der Waals surface area contributed by atoms with E-state index in [1.165, 1.54) is 51.5 Å². The molecule has 1 fully saturated rings. The van der Waals surface area contributed by atoms with Gasteiger partial charge in [0.05, 0.1) is 0 Å². The summed E-state index contributed by atoms with van der Waals surface area (Å²) in [4.78, 5) is 0. The van der Waals surface area contributed by atoms with Crippen molar-refractivity contribution in [2.45, 2.75) is 31.1 Å². The van der Waals surface area contributed by atoms with E-state index in [4.69, 9.17) is 0 Å². The summed E-state index contributed by atoms with van der Waals surface area (Å²) in [6.07, 6.45) is 5.30. The number of halogens is 1. The van der Waals surface area contributed by atoms with Gasteiger partial charge in [-0.05, 0) is 80.9 Å². The second kappa shape index (κ2) is 5.45. The monoisotopic (exact) mass is 422 g/mol. The van der Waals surface area contributed by atoms with Crippen LogP contribution in [-0.2, 0) is 5.41 Å². The van der Waals surface area contributed by atoms with Crippen molar-refractivity contribution in [2.75, 3.05) is 0 Å². The van der Waals surface area contributed by atoms with E-state index in [2.05, 4.69) is 89.3 Å². The van der Waals surface area contributed by atoms with Crippen LogP contribution >= 0.6 is 22.6 Å². The maximum atomic E-state index is 2.39. The van der Waals surface area contributed by atoms with Crippen LogP contribution in [0.1, 0.15) is 36.8 Å². The molecule has 118 valence electrons. The molecule has 0 unspecified atom stereocenters. The van der Waals surface area contributed by atoms with Crippen LogP contribution in [0.2, 0.25) is 0 Å². The fourth-order valence-electron chi connectivity index (χ4n) is 4.89. The Balaban J connectivity index is 1.82. The van der Waals surface area contributed by atoms with Gasteiger partial charge in [-0.15, -0.1) is 0 Å². The zero-order valence-electron chi connectivity index (χ0n) is 13.6. The molecule has 2 aliphatic carbocycles. The van der Waals surface area contributed by atoms with Crippen LogP contribution in [0.25, 0.3) is 22.3 Å². The molecule has 3 aromatic carbocycles. The van der Waals surface area contributed by atoms with Crippen LogP contribution in [-0.4, -0.2) is 0 Å². The van der Waals surface area contributed by atoms with E-state index in [0.717, 1.165) is 0 Å². The van der Waals surface area contributed by atoms with Crippen LogP contribution in [0.15, 0.2) is 66.7 Å². The van der Waals surface area contributed by atoms with Crippen LogP contribution in [0.3, 0.4) is 0 Å². The first-order valence-corrected chi connectivity index (χ1v) is 9.87. The third kappa shape index (κ3) is 1.97. The van der Waals surface area contributed by atoms with Crippen molar-refractivity contribution in [3.05, 3.63) is 81.4 Å². The molecule has 24 heavy (non-hydrogen) atoms. The Bertz CT molecular complexity index is 915. The molecule has 1 heteroatoms. The lowest BCUT2D eigenvalue weighted by molar-refractivity contribution is 0.550. The van der Waals surface area contributed by atoms with Gasteiger partial charge >= 0.3 is 0 Å². The normalized spacial score (nSPS) is 17.0. The van der Waals surface area contributed by atoms with E-state index in [0.29, 0.717) is 0 Å². The summed E-state index contributed by atoms with van der Waals surface area (Å²) in [5, 5.41) is 0. The van der Waals surface area contributed by atoms with Gasteiger partial charge in [0.25, 0.3) is 0 Å². The van der Waals surface area contributed by atoms with Gasteiger partial charge in [-0.25, -0.2) is 0 Å². The van der Waals surface area contributed by atoms with E-state index in [-0.39, 0.29) is 5.41 Å². The molecule has 2 aliphatic rings. The minimum absolute atomic E-state index is 0.269. The highest BCUT2D eigenvalue weighted by Crippen LogP contribution is 2.58. The Hall–Kier alpha value is -1.61. The SMILES string of the molecule is Ic1ccc(-c2cccc3c2-c2ccccc2C32CCCC2)cc1. The molecule has 0 saturated heterocycles. The molecule has 0 N–H and O–H groups in total. The number of hydrogen-bond acceptors (Lipinski definition) is 0. The average Bonchev–Trinajstić information content (AvgIpc) is 3.22. The fraction of sp³-hybridized carbons (Fsp3) is 0.217. The molecule has 0 radical (unpaired) electrons. The van der Waals surface area contributed by atoms with Gasteiger partial charge in [0, 0.05) is 8.99 Å². The Morgan fingerprint density at radius 1 is 0.667 bits per heavy atom. The van der Waals surface area contributed by atoms with Crippen LogP contribution in [0, 0.1) is 3.57 Å². The summed E-state index contributed by atoms with van der Waals surface area (Å²) >= 11 is 2.38. The second-order valence-electron chi connectivity index (χ2n) is 7.07. The number of benzene rings is 3. The molecule has 5 rings (SSSR count). The van der Waals surface area contributed by atoms with Gasteiger partial charge in [0.15, 0.2) is 0 Å². The lowest BCUT2D eigenvalue weighted by Gasteiger charge is -2.26.